The Morgan fingerprint density at radius 1 is 1.43 bits per heavy atom. The standard InChI is InChI=1S/C11H10ClFO/c1-6-2-8-9(11(14)3-6)4-7(13)5-10(8)12/h4-6H,2-3H2,1H3. The fraction of sp³-hybridized carbons (Fsp3) is 0.364. The minimum absolute atomic E-state index is 0.000139. The van der Waals surface area contributed by atoms with Gasteiger partial charge in [-0.05, 0) is 30.0 Å². The first-order valence-electron chi connectivity index (χ1n) is 4.59. The van der Waals surface area contributed by atoms with Crippen molar-refractivity contribution in [1.29, 1.82) is 0 Å². The van der Waals surface area contributed by atoms with Crippen LogP contribution < -0.4 is 0 Å². The molecule has 1 aromatic carbocycles. The summed E-state index contributed by atoms with van der Waals surface area (Å²) in [7, 11) is 0. The highest BCUT2D eigenvalue weighted by atomic mass is 35.5. The number of hydrogen-bond donors (Lipinski definition) is 0. The molecule has 0 saturated heterocycles. The van der Waals surface area contributed by atoms with Crippen LogP contribution in [0.15, 0.2) is 12.1 Å². The van der Waals surface area contributed by atoms with Crippen LogP contribution in [0.2, 0.25) is 5.02 Å². The Morgan fingerprint density at radius 3 is 2.86 bits per heavy atom. The van der Waals surface area contributed by atoms with Crippen molar-refractivity contribution in [2.45, 2.75) is 19.8 Å². The highest BCUT2D eigenvalue weighted by Gasteiger charge is 2.24. The molecule has 0 aromatic heterocycles. The van der Waals surface area contributed by atoms with Gasteiger partial charge in [-0.1, -0.05) is 18.5 Å². The van der Waals surface area contributed by atoms with E-state index < -0.39 is 5.82 Å². The van der Waals surface area contributed by atoms with Crippen molar-refractivity contribution in [3.63, 3.8) is 0 Å². The van der Waals surface area contributed by atoms with E-state index in [1.54, 1.807) is 0 Å². The van der Waals surface area contributed by atoms with Crippen molar-refractivity contribution in [3.8, 4) is 0 Å². The van der Waals surface area contributed by atoms with Crippen LogP contribution in [0.3, 0.4) is 0 Å². The van der Waals surface area contributed by atoms with Crippen LogP contribution in [0.5, 0.6) is 0 Å². The van der Waals surface area contributed by atoms with Crippen molar-refractivity contribution < 1.29 is 9.18 Å². The SMILES string of the molecule is CC1CC(=O)c2cc(F)cc(Cl)c2C1. The molecule has 3 heteroatoms. The van der Waals surface area contributed by atoms with Gasteiger partial charge in [-0.2, -0.15) is 0 Å². The van der Waals surface area contributed by atoms with Gasteiger partial charge in [-0.15, -0.1) is 0 Å². The zero-order chi connectivity index (χ0) is 10.3. The van der Waals surface area contributed by atoms with Gasteiger partial charge < -0.3 is 0 Å². The zero-order valence-electron chi connectivity index (χ0n) is 7.81. The lowest BCUT2D eigenvalue weighted by Gasteiger charge is -2.21. The van der Waals surface area contributed by atoms with Crippen molar-refractivity contribution in [1.82, 2.24) is 0 Å². The van der Waals surface area contributed by atoms with Crippen LogP contribution in [-0.2, 0) is 6.42 Å². The number of halogens is 2. The molecule has 0 radical (unpaired) electrons. The molecule has 0 bridgehead atoms. The third-order valence-electron chi connectivity index (χ3n) is 2.55. The molecule has 0 aliphatic heterocycles. The second-order valence-electron chi connectivity index (χ2n) is 3.85. The maximum Gasteiger partial charge on any atom is 0.163 e. The molecule has 1 aliphatic rings. The monoisotopic (exact) mass is 212 g/mol. The van der Waals surface area contributed by atoms with Gasteiger partial charge in [0.15, 0.2) is 5.78 Å². The smallest absolute Gasteiger partial charge is 0.163 e. The first kappa shape index (κ1) is 9.66. The Morgan fingerprint density at radius 2 is 2.14 bits per heavy atom. The largest absolute Gasteiger partial charge is 0.294 e. The maximum atomic E-state index is 13.0. The Kier molecular flexibility index (Phi) is 2.31. The normalized spacial score (nSPS) is 20.8. The lowest BCUT2D eigenvalue weighted by Crippen LogP contribution is -2.18. The summed E-state index contributed by atoms with van der Waals surface area (Å²) in [6.45, 7) is 2.00. The number of carbonyl (C=O) groups is 1. The van der Waals surface area contributed by atoms with Gasteiger partial charge in [0.2, 0.25) is 0 Å². The lowest BCUT2D eigenvalue weighted by molar-refractivity contribution is 0.0953. The molecular formula is C11H10ClFO. The maximum absolute atomic E-state index is 13.0. The zero-order valence-corrected chi connectivity index (χ0v) is 8.57. The Bertz CT molecular complexity index is 401. The van der Waals surface area contributed by atoms with E-state index in [-0.39, 0.29) is 5.78 Å². The van der Waals surface area contributed by atoms with Gasteiger partial charge in [0.1, 0.15) is 5.82 Å². The summed E-state index contributed by atoms with van der Waals surface area (Å²) in [6, 6.07) is 2.56. The van der Waals surface area contributed by atoms with Crippen molar-refractivity contribution in [3.05, 3.63) is 34.1 Å². The summed E-state index contributed by atoms with van der Waals surface area (Å²) >= 11 is 5.89. The van der Waals surface area contributed by atoms with Crippen molar-refractivity contribution in [2.75, 3.05) is 0 Å². The molecule has 1 aliphatic carbocycles. The second-order valence-corrected chi connectivity index (χ2v) is 4.26. The number of carbonyl (C=O) groups excluding carboxylic acids is 1. The molecule has 0 saturated carbocycles. The molecule has 1 unspecified atom stereocenters. The van der Waals surface area contributed by atoms with E-state index in [1.165, 1.54) is 12.1 Å². The first-order valence-corrected chi connectivity index (χ1v) is 4.97. The van der Waals surface area contributed by atoms with Crippen LogP contribution in [0, 0.1) is 11.7 Å². The Hall–Kier alpha value is -0.890. The van der Waals surface area contributed by atoms with E-state index in [0.717, 1.165) is 12.0 Å². The summed E-state index contributed by atoms with van der Waals surface area (Å²) in [5.41, 5.74) is 1.27. The Labute approximate surface area is 86.9 Å². The van der Waals surface area contributed by atoms with E-state index in [1.807, 2.05) is 6.92 Å². The summed E-state index contributed by atoms with van der Waals surface area (Å²) in [6.07, 6.45) is 1.26. The molecule has 0 fully saturated rings. The van der Waals surface area contributed by atoms with E-state index in [0.29, 0.717) is 22.9 Å². The predicted octanol–water partition coefficient (Wildman–Crippen LogP) is 3.24. The number of Topliss-reactive ketones (excluding diaryl/α,β-unsaturated/α-hetero) is 1. The average Bonchev–Trinajstić information content (AvgIpc) is 2.07. The quantitative estimate of drug-likeness (QED) is 0.645. The summed E-state index contributed by atoms with van der Waals surface area (Å²) in [4.78, 5) is 11.6. The molecule has 14 heavy (non-hydrogen) atoms. The van der Waals surface area contributed by atoms with Crippen LogP contribution in [0.4, 0.5) is 4.39 Å². The van der Waals surface area contributed by atoms with Gasteiger partial charge >= 0.3 is 0 Å². The molecule has 74 valence electrons. The number of benzene rings is 1. The molecule has 2 rings (SSSR count). The van der Waals surface area contributed by atoms with E-state index >= 15 is 0 Å². The molecule has 0 N–H and O–H groups in total. The highest BCUT2D eigenvalue weighted by molar-refractivity contribution is 6.32. The molecular weight excluding hydrogens is 203 g/mol. The summed E-state index contributed by atoms with van der Waals surface area (Å²) in [5.74, 6) is -0.130. The minimum Gasteiger partial charge on any atom is -0.294 e. The van der Waals surface area contributed by atoms with Gasteiger partial charge in [0.25, 0.3) is 0 Å². The molecule has 0 heterocycles. The number of ketones is 1. The number of hydrogen-bond acceptors (Lipinski definition) is 1. The van der Waals surface area contributed by atoms with E-state index in [2.05, 4.69) is 0 Å². The van der Waals surface area contributed by atoms with Gasteiger partial charge in [-0.3, -0.25) is 4.79 Å². The van der Waals surface area contributed by atoms with Crippen LogP contribution in [0.1, 0.15) is 29.3 Å². The van der Waals surface area contributed by atoms with Gasteiger partial charge in [-0.25, -0.2) is 4.39 Å². The van der Waals surface area contributed by atoms with Crippen LogP contribution in [-0.4, -0.2) is 5.78 Å². The van der Waals surface area contributed by atoms with E-state index in [4.69, 9.17) is 11.6 Å². The summed E-state index contributed by atoms with van der Waals surface area (Å²) in [5, 5.41) is 0.375. The summed E-state index contributed by atoms with van der Waals surface area (Å²) < 4.78 is 13.0. The van der Waals surface area contributed by atoms with Crippen LogP contribution >= 0.6 is 11.6 Å². The third kappa shape index (κ3) is 1.55. The molecule has 1 atom stereocenters. The number of rotatable bonds is 0. The molecule has 0 amide bonds. The molecule has 1 nitrogen and oxygen atoms in total. The molecule has 0 spiro atoms. The Balaban J connectivity index is 2.59. The highest BCUT2D eigenvalue weighted by Crippen LogP contribution is 2.31. The van der Waals surface area contributed by atoms with Crippen LogP contribution in [0.25, 0.3) is 0 Å². The fourth-order valence-electron chi connectivity index (χ4n) is 1.91. The second kappa shape index (κ2) is 3.35. The van der Waals surface area contributed by atoms with E-state index in [9.17, 15) is 9.18 Å². The molecule has 1 aromatic rings. The topological polar surface area (TPSA) is 17.1 Å². The van der Waals surface area contributed by atoms with Crippen molar-refractivity contribution in [2.24, 2.45) is 5.92 Å². The predicted molar refractivity (Wildman–Crippen MR) is 53.2 cm³/mol. The first-order chi connectivity index (χ1) is 6.58. The fourth-order valence-corrected chi connectivity index (χ4v) is 2.19. The van der Waals surface area contributed by atoms with Gasteiger partial charge in [0, 0.05) is 17.0 Å². The number of fused-ring (bicyclic) bond motifs is 1. The minimum atomic E-state index is -0.434. The lowest BCUT2D eigenvalue weighted by atomic mass is 9.84. The van der Waals surface area contributed by atoms with Gasteiger partial charge in [0.05, 0.1) is 0 Å². The third-order valence-corrected chi connectivity index (χ3v) is 2.88. The van der Waals surface area contributed by atoms with Crippen molar-refractivity contribution >= 4 is 17.4 Å². The average molecular weight is 213 g/mol.